The lowest BCUT2D eigenvalue weighted by atomic mass is 10.2. The van der Waals surface area contributed by atoms with Crippen LogP contribution in [0.1, 0.15) is 31.8 Å². The maximum absolute atomic E-state index is 5.43. The van der Waals surface area contributed by atoms with Crippen LogP contribution < -0.4 is 11.3 Å². The van der Waals surface area contributed by atoms with Crippen LogP contribution in [-0.4, -0.2) is 52.0 Å². The summed E-state index contributed by atoms with van der Waals surface area (Å²) < 4.78 is 0. The Kier molecular flexibility index (Phi) is 5.28. The lowest BCUT2D eigenvalue weighted by molar-refractivity contribution is 0.0947. The topological polar surface area (TPSA) is 70.3 Å². The highest BCUT2D eigenvalue weighted by Crippen LogP contribution is 2.12. The van der Waals surface area contributed by atoms with Gasteiger partial charge in [0, 0.05) is 44.0 Å². The fourth-order valence-corrected chi connectivity index (χ4v) is 2.60. The van der Waals surface area contributed by atoms with Gasteiger partial charge in [0.2, 0.25) is 0 Å². The molecule has 0 amide bonds. The van der Waals surface area contributed by atoms with E-state index in [2.05, 4.69) is 39.0 Å². The van der Waals surface area contributed by atoms with Gasteiger partial charge in [0.1, 0.15) is 11.6 Å². The van der Waals surface area contributed by atoms with Crippen LogP contribution in [0, 0.1) is 6.92 Å². The number of rotatable bonds is 5. The summed E-state index contributed by atoms with van der Waals surface area (Å²) in [7, 11) is 0. The van der Waals surface area contributed by atoms with Crippen molar-refractivity contribution in [1.82, 2.24) is 19.8 Å². The van der Waals surface area contributed by atoms with Gasteiger partial charge in [-0.2, -0.15) is 0 Å². The van der Waals surface area contributed by atoms with E-state index in [0.717, 1.165) is 44.2 Å². The fourth-order valence-electron chi connectivity index (χ4n) is 2.60. The predicted molar refractivity (Wildman–Crippen MR) is 81.2 cm³/mol. The Morgan fingerprint density at radius 2 is 2.00 bits per heavy atom. The third-order valence-corrected chi connectivity index (χ3v) is 4.03. The zero-order valence-corrected chi connectivity index (χ0v) is 12.8. The van der Waals surface area contributed by atoms with Gasteiger partial charge >= 0.3 is 0 Å². The van der Waals surface area contributed by atoms with Crippen molar-refractivity contribution in [3.05, 3.63) is 17.6 Å². The summed E-state index contributed by atoms with van der Waals surface area (Å²) in [6.45, 7) is 11.7. The molecule has 1 aromatic heterocycles. The van der Waals surface area contributed by atoms with Crippen molar-refractivity contribution in [3.63, 3.8) is 0 Å². The van der Waals surface area contributed by atoms with E-state index < -0.39 is 0 Å². The van der Waals surface area contributed by atoms with E-state index in [-0.39, 0.29) is 0 Å². The van der Waals surface area contributed by atoms with Crippen molar-refractivity contribution in [1.29, 1.82) is 0 Å². The smallest absolute Gasteiger partial charge is 0.145 e. The van der Waals surface area contributed by atoms with Gasteiger partial charge in [-0.25, -0.2) is 15.8 Å². The number of hydrogen-bond acceptors (Lipinski definition) is 6. The monoisotopic (exact) mass is 278 g/mol. The van der Waals surface area contributed by atoms with Crippen molar-refractivity contribution in [2.45, 2.75) is 39.8 Å². The molecular formula is C14H26N6. The summed E-state index contributed by atoms with van der Waals surface area (Å²) in [6, 6.07) is 2.53. The molecule has 0 aromatic carbocycles. The maximum atomic E-state index is 5.43. The molecule has 2 heterocycles. The van der Waals surface area contributed by atoms with Crippen LogP contribution in [0.3, 0.4) is 0 Å². The van der Waals surface area contributed by atoms with E-state index in [1.165, 1.54) is 6.42 Å². The van der Waals surface area contributed by atoms with Gasteiger partial charge in [0.05, 0.1) is 6.54 Å². The summed E-state index contributed by atoms with van der Waals surface area (Å²) in [6.07, 6.45) is 1.21. The highest BCUT2D eigenvalue weighted by atomic mass is 15.3. The van der Waals surface area contributed by atoms with Crippen LogP contribution in [0.5, 0.6) is 0 Å². The van der Waals surface area contributed by atoms with Crippen LogP contribution in [0.4, 0.5) is 5.82 Å². The minimum atomic E-state index is 0.681. The number of aromatic nitrogens is 2. The molecule has 6 nitrogen and oxygen atoms in total. The summed E-state index contributed by atoms with van der Waals surface area (Å²) >= 11 is 0. The highest BCUT2D eigenvalue weighted by Gasteiger charge is 2.20. The van der Waals surface area contributed by atoms with Gasteiger partial charge in [0.15, 0.2) is 0 Å². The molecule has 20 heavy (non-hydrogen) atoms. The molecule has 0 bridgehead atoms. The Morgan fingerprint density at radius 3 is 2.60 bits per heavy atom. The van der Waals surface area contributed by atoms with Crippen molar-refractivity contribution in [2.75, 3.05) is 31.6 Å². The summed E-state index contributed by atoms with van der Waals surface area (Å²) in [5.74, 6) is 6.96. The van der Waals surface area contributed by atoms with Gasteiger partial charge in [-0.15, -0.1) is 0 Å². The van der Waals surface area contributed by atoms with E-state index in [1.807, 2.05) is 13.0 Å². The number of piperazine rings is 1. The molecule has 0 saturated carbocycles. The molecule has 1 saturated heterocycles. The summed E-state index contributed by atoms with van der Waals surface area (Å²) in [5.41, 5.74) is 3.54. The van der Waals surface area contributed by atoms with Crippen LogP contribution in [0.25, 0.3) is 0 Å². The van der Waals surface area contributed by atoms with Gasteiger partial charge in [-0.3, -0.25) is 9.80 Å². The van der Waals surface area contributed by atoms with Crippen LogP contribution >= 0.6 is 0 Å². The third kappa shape index (κ3) is 3.88. The number of nitrogens with one attached hydrogen (secondary N) is 1. The quantitative estimate of drug-likeness (QED) is 0.618. The second kappa shape index (κ2) is 6.97. The van der Waals surface area contributed by atoms with Crippen LogP contribution in [0.15, 0.2) is 6.07 Å². The molecule has 6 heteroatoms. The van der Waals surface area contributed by atoms with Crippen molar-refractivity contribution in [2.24, 2.45) is 5.84 Å². The minimum absolute atomic E-state index is 0.681. The van der Waals surface area contributed by atoms with E-state index in [1.54, 1.807) is 0 Å². The molecule has 0 spiro atoms. The standard InChI is InChI=1S/C14H26N6/c1-4-12(3)20-7-5-19(6-8-20)10-14-16-11(2)9-13(17-14)18-15/h9,12H,4-8,10,15H2,1-3H3,(H,16,17,18). The fraction of sp³-hybridized carbons (Fsp3) is 0.714. The predicted octanol–water partition coefficient (Wildman–Crippen LogP) is 0.987. The van der Waals surface area contributed by atoms with Crippen molar-refractivity contribution in [3.8, 4) is 0 Å². The molecule has 1 aliphatic heterocycles. The Morgan fingerprint density at radius 1 is 1.30 bits per heavy atom. The number of hydrazine groups is 1. The number of nitrogens with two attached hydrogens (primary N) is 1. The average Bonchev–Trinajstić information content (AvgIpc) is 2.46. The lowest BCUT2D eigenvalue weighted by Crippen LogP contribution is -2.49. The number of nitrogens with zero attached hydrogens (tertiary/aromatic N) is 4. The number of anilines is 1. The average molecular weight is 278 g/mol. The lowest BCUT2D eigenvalue weighted by Gasteiger charge is -2.37. The number of nitrogen functional groups attached to an aromatic ring is 1. The number of aryl methyl sites for hydroxylation is 1. The van der Waals surface area contributed by atoms with Gasteiger partial charge in [-0.1, -0.05) is 6.92 Å². The molecule has 1 aromatic rings. The molecule has 1 aliphatic rings. The normalized spacial score (nSPS) is 19.0. The maximum Gasteiger partial charge on any atom is 0.145 e. The minimum Gasteiger partial charge on any atom is -0.308 e. The molecule has 1 atom stereocenters. The van der Waals surface area contributed by atoms with E-state index in [9.17, 15) is 0 Å². The first-order valence-corrected chi connectivity index (χ1v) is 7.40. The highest BCUT2D eigenvalue weighted by molar-refractivity contribution is 5.33. The third-order valence-electron chi connectivity index (χ3n) is 4.03. The van der Waals surface area contributed by atoms with Crippen LogP contribution in [-0.2, 0) is 6.54 Å². The van der Waals surface area contributed by atoms with E-state index >= 15 is 0 Å². The first-order chi connectivity index (χ1) is 9.62. The molecule has 112 valence electrons. The Balaban J connectivity index is 1.91. The van der Waals surface area contributed by atoms with Gasteiger partial charge in [0.25, 0.3) is 0 Å². The molecule has 3 N–H and O–H groups in total. The largest absolute Gasteiger partial charge is 0.308 e. The van der Waals surface area contributed by atoms with Gasteiger partial charge in [-0.05, 0) is 20.3 Å². The molecular weight excluding hydrogens is 252 g/mol. The van der Waals surface area contributed by atoms with Gasteiger partial charge < -0.3 is 5.43 Å². The molecule has 1 fully saturated rings. The van der Waals surface area contributed by atoms with Crippen molar-refractivity contribution < 1.29 is 0 Å². The van der Waals surface area contributed by atoms with Crippen molar-refractivity contribution >= 4 is 5.82 Å². The van der Waals surface area contributed by atoms with E-state index in [0.29, 0.717) is 11.9 Å². The zero-order chi connectivity index (χ0) is 14.5. The Labute approximate surface area is 121 Å². The second-order valence-electron chi connectivity index (χ2n) is 5.52. The Hall–Kier alpha value is -1.24. The van der Waals surface area contributed by atoms with E-state index in [4.69, 9.17) is 5.84 Å². The summed E-state index contributed by atoms with van der Waals surface area (Å²) in [4.78, 5) is 13.9. The number of hydrogen-bond donors (Lipinski definition) is 2. The zero-order valence-electron chi connectivity index (χ0n) is 12.8. The van der Waals surface area contributed by atoms with Crippen LogP contribution in [0.2, 0.25) is 0 Å². The SMILES string of the molecule is CCC(C)N1CCN(Cc2nc(C)cc(NN)n2)CC1. The Bertz CT molecular complexity index is 428. The molecule has 1 unspecified atom stereocenters. The molecule has 0 radical (unpaired) electrons. The second-order valence-corrected chi connectivity index (χ2v) is 5.52. The summed E-state index contributed by atoms with van der Waals surface area (Å²) in [5, 5.41) is 0. The first kappa shape index (κ1) is 15.2. The molecule has 2 rings (SSSR count). The molecule has 0 aliphatic carbocycles. The first-order valence-electron chi connectivity index (χ1n) is 7.40.